The molecule has 0 N–H and O–H groups in total. The first-order valence-corrected chi connectivity index (χ1v) is 14.0. The molecule has 0 saturated carbocycles. The molecule has 5 rings (SSSR count). The number of rotatable bonds is 3. The molecule has 0 heterocycles. The van der Waals surface area contributed by atoms with Gasteiger partial charge in [0.25, 0.3) is 0 Å². The van der Waals surface area contributed by atoms with E-state index in [4.69, 9.17) is 4.74 Å². The number of ether oxygens (including phenoxy) is 1. The van der Waals surface area contributed by atoms with Crippen LogP contribution < -0.4 is 4.74 Å². The van der Waals surface area contributed by atoms with Crippen LogP contribution in [0.4, 0.5) is 0 Å². The Morgan fingerprint density at radius 2 is 0.600 bits per heavy atom. The minimum absolute atomic E-state index is 0.285. The molecule has 5 aromatic carbocycles. The molecule has 0 bridgehead atoms. The first kappa shape index (κ1) is 30.4. The van der Waals surface area contributed by atoms with Gasteiger partial charge in [-0.1, -0.05) is 146 Å². The molecule has 1 heteroatoms. The minimum Gasteiger partial charge on any atom is -0.457 e. The monoisotopic (exact) mass is 528 g/mol. The van der Waals surface area contributed by atoms with Crippen molar-refractivity contribution in [3.05, 3.63) is 155 Å². The molecule has 0 aliphatic carbocycles. The fraction of sp³-hybridized carbons (Fsp3) is 0.231. The van der Waals surface area contributed by atoms with E-state index < -0.39 is 0 Å². The van der Waals surface area contributed by atoms with Gasteiger partial charge in [0.1, 0.15) is 11.5 Å². The fourth-order valence-electron chi connectivity index (χ4n) is 3.89. The summed E-state index contributed by atoms with van der Waals surface area (Å²) in [5.74, 6) is 1.76. The van der Waals surface area contributed by atoms with Crippen LogP contribution in [0.3, 0.4) is 0 Å². The Kier molecular flexibility index (Phi) is 10.9. The van der Waals surface area contributed by atoms with E-state index in [1.165, 1.54) is 44.5 Å². The molecule has 0 atom stereocenters. The van der Waals surface area contributed by atoms with E-state index >= 15 is 0 Å². The average molecular weight is 529 g/mol. The lowest BCUT2D eigenvalue weighted by Gasteiger charge is -2.18. The third-order valence-electron chi connectivity index (χ3n) is 6.63. The molecular formula is C39H44O. The predicted molar refractivity (Wildman–Crippen MR) is 174 cm³/mol. The molecule has 0 aliphatic rings. The van der Waals surface area contributed by atoms with Gasteiger partial charge in [-0.2, -0.15) is 0 Å². The molecule has 0 unspecified atom stereocenters. The standard InChI is InChI=1S/C14H14O.C14H14.C11H16/c1-11-3-7-13(8-4-11)15-14-9-5-12(2)6-10-14;1-11-3-7-13(8-4-11)14-9-5-12(2)6-10-14;1-9-5-7-10(8-6-9)11(2,3)4/h3-10H,1-2H3;3-10H,1-2H3;5-8H,1-4H3. The summed E-state index contributed by atoms with van der Waals surface area (Å²) < 4.78 is 5.69. The second-order valence-corrected chi connectivity index (χ2v) is 11.6. The second kappa shape index (κ2) is 14.3. The van der Waals surface area contributed by atoms with Gasteiger partial charge in [-0.15, -0.1) is 0 Å². The van der Waals surface area contributed by atoms with Crippen molar-refractivity contribution in [2.24, 2.45) is 0 Å². The summed E-state index contributed by atoms with van der Waals surface area (Å²) in [6, 6.07) is 42.1. The maximum Gasteiger partial charge on any atom is 0.127 e. The fourth-order valence-corrected chi connectivity index (χ4v) is 3.89. The lowest BCUT2D eigenvalue weighted by molar-refractivity contribution is 0.482. The number of aryl methyl sites for hydroxylation is 5. The smallest absolute Gasteiger partial charge is 0.127 e. The first-order valence-electron chi connectivity index (χ1n) is 14.0. The van der Waals surface area contributed by atoms with E-state index in [0.717, 1.165) is 11.5 Å². The molecule has 0 spiro atoms. The molecule has 40 heavy (non-hydrogen) atoms. The Labute approximate surface area is 242 Å². The molecule has 0 aromatic heterocycles. The van der Waals surface area contributed by atoms with Crippen molar-refractivity contribution in [3.8, 4) is 22.6 Å². The lowest BCUT2D eigenvalue weighted by atomic mass is 9.87. The van der Waals surface area contributed by atoms with E-state index in [2.05, 4.69) is 128 Å². The Morgan fingerprint density at radius 1 is 0.350 bits per heavy atom. The summed E-state index contributed by atoms with van der Waals surface area (Å²) in [4.78, 5) is 0. The molecule has 0 aliphatic heterocycles. The maximum absolute atomic E-state index is 5.69. The van der Waals surface area contributed by atoms with Crippen LogP contribution in [0.1, 0.15) is 54.2 Å². The van der Waals surface area contributed by atoms with Gasteiger partial charge in [-0.25, -0.2) is 0 Å². The largest absolute Gasteiger partial charge is 0.457 e. The summed E-state index contributed by atoms with van der Waals surface area (Å²) in [7, 11) is 0. The van der Waals surface area contributed by atoms with Gasteiger partial charge >= 0.3 is 0 Å². The molecule has 0 fully saturated rings. The zero-order valence-electron chi connectivity index (χ0n) is 25.5. The van der Waals surface area contributed by atoms with Crippen LogP contribution in [0.15, 0.2) is 121 Å². The summed E-state index contributed by atoms with van der Waals surface area (Å²) >= 11 is 0. The molecule has 0 amide bonds. The van der Waals surface area contributed by atoms with Crippen molar-refractivity contribution in [2.75, 3.05) is 0 Å². The van der Waals surface area contributed by atoms with E-state index in [9.17, 15) is 0 Å². The maximum atomic E-state index is 5.69. The van der Waals surface area contributed by atoms with Crippen molar-refractivity contribution in [2.45, 2.75) is 60.8 Å². The van der Waals surface area contributed by atoms with Gasteiger partial charge in [0.15, 0.2) is 0 Å². The van der Waals surface area contributed by atoms with E-state index in [-0.39, 0.29) is 5.41 Å². The Morgan fingerprint density at radius 3 is 0.875 bits per heavy atom. The van der Waals surface area contributed by atoms with Gasteiger partial charge in [-0.05, 0) is 81.0 Å². The van der Waals surface area contributed by atoms with Gasteiger partial charge < -0.3 is 4.74 Å². The second-order valence-electron chi connectivity index (χ2n) is 11.6. The Bertz CT molecular complexity index is 1330. The highest BCUT2D eigenvalue weighted by molar-refractivity contribution is 5.63. The minimum atomic E-state index is 0.285. The number of hydrogen-bond donors (Lipinski definition) is 0. The van der Waals surface area contributed by atoms with Crippen LogP contribution in [0, 0.1) is 34.6 Å². The van der Waals surface area contributed by atoms with Crippen LogP contribution in [0.5, 0.6) is 11.5 Å². The summed E-state index contributed by atoms with van der Waals surface area (Å²) in [6.45, 7) is 17.2. The summed E-state index contributed by atoms with van der Waals surface area (Å²) in [6.07, 6.45) is 0. The number of benzene rings is 5. The normalized spacial score (nSPS) is 10.5. The van der Waals surface area contributed by atoms with E-state index in [0.29, 0.717) is 0 Å². The SMILES string of the molecule is Cc1ccc(-c2ccc(C)cc2)cc1.Cc1ccc(C(C)(C)C)cc1.Cc1ccc(Oc2ccc(C)cc2)cc1. The molecule has 5 aromatic rings. The molecule has 0 saturated heterocycles. The topological polar surface area (TPSA) is 9.23 Å². The average Bonchev–Trinajstić information content (AvgIpc) is 2.93. The van der Waals surface area contributed by atoms with Crippen molar-refractivity contribution in [1.29, 1.82) is 0 Å². The van der Waals surface area contributed by atoms with Crippen molar-refractivity contribution >= 4 is 0 Å². The third kappa shape index (κ3) is 10.2. The van der Waals surface area contributed by atoms with Crippen molar-refractivity contribution < 1.29 is 4.74 Å². The van der Waals surface area contributed by atoms with Crippen LogP contribution in [-0.2, 0) is 5.41 Å². The van der Waals surface area contributed by atoms with Crippen LogP contribution >= 0.6 is 0 Å². The molecular weight excluding hydrogens is 484 g/mol. The Hall–Kier alpha value is -4.10. The van der Waals surface area contributed by atoms with Crippen molar-refractivity contribution in [1.82, 2.24) is 0 Å². The van der Waals surface area contributed by atoms with E-state index in [1.54, 1.807) is 0 Å². The van der Waals surface area contributed by atoms with Crippen LogP contribution in [0.2, 0.25) is 0 Å². The van der Waals surface area contributed by atoms with Crippen LogP contribution in [0.25, 0.3) is 11.1 Å². The van der Waals surface area contributed by atoms with Crippen molar-refractivity contribution in [3.63, 3.8) is 0 Å². The van der Waals surface area contributed by atoms with Crippen LogP contribution in [-0.4, -0.2) is 0 Å². The third-order valence-corrected chi connectivity index (χ3v) is 6.63. The zero-order valence-corrected chi connectivity index (χ0v) is 25.5. The van der Waals surface area contributed by atoms with Gasteiger partial charge in [-0.3, -0.25) is 0 Å². The first-order chi connectivity index (χ1) is 19.0. The highest BCUT2D eigenvalue weighted by Crippen LogP contribution is 2.23. The zero-order chi connectivity index (χ0) is 29.1. The molecule has 206 valence electrons. The predicted octanol–water partition coefficient (Wildman–Crippen LogP) is 11.4. The number of hydrogen-bond acceptors (Lipinski definition) is 1. The molecule has 1 nitrogen and oxygen atoms in total. The lowest BCUT2D eigenvalue weighted by Crippen LogP contribution is -2.10. The quantitative estimate of drug-likeness (QED) is 0.226. The van der Waals surface area contributed by atoms with E-state index in [1.807, 2.05) is 48.5 Å². The highest BCUT2D eigenvalue weighted by atomic mass is 16.5. The summed E-state index contributed by atoms with van der Waals surface area (Å²) in [5, 5.41) is 0. The Balaban J connectivity index is 0.000000168. The highest BCUT2D eigenvalue weighted by Gasteiger charge is 2.11. The molecule has 0 radical (unpaired) electrons. The van der Waals surface area contributed by atoms with Gasteiger partial charge in [0, 0.05) is 0 Å². The van der Waals surface area contributed by atoms with Gasteiger partial charge in [0.2, 0.25) is 0 Å². The summed E-state index contributed by atoms with van der Waals surface area (Å²) in [5.41, 5.74) is 10.7. The van der Waals surface area contributed by atoms with Gasteiger partial charge in [0.05, 0.1) is 0 Å².